The molecule has 0 amide bonds. The molecule has 2 aromatic rings. The fourth-order valence-corrected chi connectivity index (χ4v) is 2.96. The maximum atomic E-state index is 5.24. The van der Waals surface area contributed by atoms with Gasteiger partial charge in [-0.15, -0.1) is 11.3 Å². The maximum absolute atomic E-state index is 5.24. The highest BCUT2D eigenvalue weighted by Gasteiger charge is 2.19. The first kappa shape index (κ1) is 13.1. The number of nitrogens with zero attached hydrogens (tertiary/aromatic N) is 2. The summed E-state index contributed by atoms with van der Waals surface area (Å²) in [4.78, 5) is 5.70. The van der Waals surface area contributed by atoms with Crippen LogP contribution in [-0.2, 0) is 6.54 Å². The van der Waals surface area contributed by atoms with Gasteiger partial charge in [-0.1, -0.05) is 6.92 Å². The summed E-state index contributed by atoms with van der Waals surface area (Å²) >= 11 is 1.69. The maximum Gasteiger partial charge on any atom is 0.131 e. The van der Waals surface area contributed by atoms with Gasteiger partial charge in [-0.3, -0.25) is 0 Å². The van der Waals surface area contributed by atoms with Gasteiger partial charge in [0.05, 0.1) is 7.11 Å². The lowest BCUT2D eigenvalue weighted by Crippen LogP contribution is -2.21. The Hall–Kier alpha value is -1.33. The Morgan fingerprint density at radius 1 is 1.56 bits per heavy atom. The molecule has 0 aromatic carbocycles. The average Bonchev–Trinajstić information content (AvgIpc) is 3.01. The van der Waals surface area contributed by atoms with Gasteiger partial charge in [0, 0.05) is 29.2 Å². The van der Waals surface area contributed by atoms with E-state index < -0.39 is 0 Å². The summed E-state index contributed by atoms with van der Waals surface area (Å²) in [7, 11) is 3.65. The third-order valence-electron chi connectivity index (χ3n) is 2.87. The Morgan fingerprint density at radius 3 is 3.00 bits per heavy atom. The summed E-state index contributed by atoms with van der Waals surface area (Å²) in [5.74, 6) is 1.97. The van der Waals surface area contributed by atoms with Crippen molar-refractivity contribution in [1.29, 1.82) is 0 Å². The molecule has 0 fully saturated rings. The van der Waals surface area contributed by atoms with Gasteiger partial charge in [0.15, 0.2) is 0 Å². The van der Waals surface area contributed by atoms with Gasteiger partial charge in [0.25, 0.3) is 0 Å². The highest BCUT2D eigenvalue weighted by atomic mass is 32.1. The van der Waals surface area contributed by atoms with Crippen molar-refractivity contribution < 1.29 is 4.74 Å². The summed E-state index contributed by atoms with van der Waals surface area (Å²) in [6, 6.07) is 2.19. The molecule has 2 rings (SSSR count). The zero-order chi connectivity index (χ0) is 13.0. The van der Waals surface area contributed by atoms with Crippen LogP contribution in [0.1, 0.15) is 30.1 Å². The van der Waals surface area contributed by atoms with Crippen molar-refractivity contribution in [3.63, 3.8) is 0 Å². The molecule has 0 saturated carbocycles. The predicted molar refractivity (Wildman–Crippen MR) is 74.3 cm³/mol. The molecule has 2 aromatic heterocycles. The number of aryl methyl sites for hydroxylation is 1. The molecular weight excluding hydrogens is 246 g/mol. The smallest absolute Gasteiger partial charge is 0.131 e. The fraction of sp³-hybridized carbons (Fsp3) is 0.462. The topological polar surface area (TPSA) is 39.1 Å². The third kappa shape index (κ3) is 2.57. The van der Waals surface area contributed by atoms with E-state index in [1.54, 1.807) is 18.4 Å². The molecule has 1 unspecified atom stereocenters. The van der Waals surface area contributed by atoms with Crippen LogP contribution in [-0.4, -0.2) is 23.7 Å². The van der Waals surface area contributed by atoms with Gasteiger partial charge >= 0.3 is 0 Å². The van der Waals surface area contributed by atoms with Gasteiger partial charge in [-0.05, 0) is 19.5 Å². The number of rotatable bonds is 6. The van der Waals surface area contributed by atoms with Crippen LogP contribution in [0.4, 0.5) is 0 Å². The normalized spacial score (nSPS) is 12.6. The van der Waals surface area contributed by atoms with Crippen molar-refractivity contribution in [3.05, 3.63) is 34.5 Å². The SMILES string of the molecule is CCCn1ccnc1C(NC)c1cc(OC)cs1. The van der Waals surface area contributed by atoms with Gasteiger partial charge in [0.1, 0.15) is 17.6 Å². The molecule has 0 spiro atoms. The van der Waals surface area contributed by atoms with Crippen molar-refractivity contribution in [2.45, 2.75) is 25.9 Å². The second-order valence-electron chi connectivity index (χ2n) is 4.09. The average molecular weight is 265 g/mol. The zero-order valence-corrected chi connectivity index (χ0v) is 11.8. The van der Waals surface area contributed by atoms with Crippen molar-refractivity contribution in [1.82, 2.24) is 14.9 Å². The van der Waals surface area contributed by atoms with E-state index in [1.165, 1.54) is 4.88 Å². The minimum absolute atomic E-state index is 0.125. The van der Waals surface area contributed by atoms with E-state index in [0.717, 1.165) is 24.5 Å². The molecule has 18 heavy (non-hydrogen) atoms. The summed E-state index contributed by atoms with van der Waals surface area (Å²) in [6.07, 6.45) is 5.00. The van der Waals surface area contributed by atoms with Gasteiger partial charge in [-0.2, -0.15) is 0 Å². The first-order valence-corrected chi connectivity index (χ1v) is 6.98. The molecule has 1 N–H and O–H groups in total. The largest absolute Gasteiger partial charge is 0.496 e. The first-order chi connectivity index (χ1) is 8.80. The minimum Gasteiger partial charge on any atom is -0.496 e. The Morgan fingerprint density at radius 2 is 2.39 bits per heavy atom. The molecule has 4 nitrogen and oxygen atoms in total. The Bertz CT molecular complexity index is 492. The summed E-state index contributed by atoms with van der Waals surface area (Å²) < 4.78 is 7.44. The summed E-state index contributed by atoms with van der Waals surface area (Å²) in [5, 5.41) is 5.35. The van der Waals surface area contributed by atoms with Crippen LogP contribution in [0.5, 0.6) is 5.75 Å². The number of thiophene rings is 1. The Labute approximate surface area is 112 Å². The number of methoxy groups -OCH3 is 1. The molecule has 1 atom stereocenters. The first-order valence-electron chi connectivity index (χ1n) is 6.10. The van der Waals surface area contributed by atoms with E-state index >= 15 is 0 Å². The molecule has 0 radical (unpaired) electrons. The van der Waals surface area contributed by atoms with Gasteiger partial charge < -0.3 is 14.6 Å². The molecular formula is C13H19N3OS. The predicted octanol–water partition coefficient (Wildman–Crippen LogP) is 2.67. The summed E-state index contributed by atoms with van der Waals surface area (Å²) in [6.45, 7) is 3.17. The molecule has 5 heteroatoms. The van der Waals surface area contributed by atoms with E-state index in [-0.39, 0.29) is 6.04 Å². The number of ether oxygens (including phenoxy) is 1. The van der Waals surface area contributed by atoms with Crippen LogP contribution < -0.4 is 10.1 Å². The van der Waals surface area contributed by atoms with Crippen LogP contribution in [0, 0.1) is 0 Å². The second kappa shape index (κ2) is 6.02. The lowest BCUT2D eigenvalue weighted by molar-refractivity contribution is 0.416. The van der Waals surface area contributed by atoms with E-state index in [0.29, 0.717) is 0 Å². The molecule has 98 valence electrons. The number of nitrogens with one attached hydrogen (secondary N) is 1. The minimum atomic E-state index is 0.125. The third-order valence-corrected chi connectivity index (χ3v) is 3.85. The standard InChI is InChI=1S/C13H19N3OS/c1-4-6-16-7-5-15-13(16)12(14-2)11-8-10(17-3)9-18-11/h5,7-9,12,14H,4,6H2,1-3H3. The molecule has 0 aliphatic rings. The number of hydrogen-bond donors (Lipinski definition) is 1. The number of aromatic nitrogens is 2. The van der Waals surface area contributed by atoms with Crippen molar-refractivity contribution in [2.24, 2.45) is 0 Å². The molecule has 2 heterocycles. The Balaban J connectivity index is 2.29. The quantitative estimate of drug-likeness (QED) is 0.873. The van der Waals surface area contributed by atoms with Gasteiger partial charge in [-0.25, -0.2) is 4.98 Å². The van der Waals surface area contributed by atoms with Crippen LogP contribution in [0.15, 0.2) is 23.8 Å². The van der Waals surface area contributed by atoms with Crippen LogP contribution >= 0.6 is 11.3 Å². The van der Waals surface area contributed by atoms with Crippen molar-refractivity contribution >= 4 is 11.3 Å². The molecule has 0 aliphatic heterocycles. The highest BCUT2D eigenvalue weighted by molar-refractivity contribution is 7.10. The van der Waals surface area contributed by atoms with Crippen molar-refractivity contribution in [3.8, 4) is 5.75 Å². The van der Waals surface area contributed by atoms with Crippen LogP contribution in [0.25, 0.3) is 0 Å². The summed E-state index contributed by atoms with van der Waals surface area (Å²) in [5.41, 5.74) is 0. The van der Waals surface area contributed by atoms with E-state index in [9.17, 15) is 0 Å². The lowest BCUT2D eigenvalue weighted by Gasteiger charge is -2.16. The molecule has 0 saturated heterocycles. The van der Waals surface area contributed by atoms with E-state index in [2.05, 4.69) is 27.9 Å². The zero-order valence-electron chi connectivity index (χ0n) is 11.0. The number of hydrogen-bond acceptors (Lipinski definition) is 4. The lowest BCUT2D eigenvalue weighted by atomic mass is 10.2. The van der Waals surface area contributed by atoms with Crippen molar-refractivity contribution in [2.75, 3.05) is 14.2 Å². The van der Waals surface area contributed by atoms with Gasteiger partial charge in [0.2, 0.25) is 0 Å². The molecule has 0 aliphatic carbocycles. The monoisotopic (exact) mass is 265 g/mol. The van der Waals surface area contributed by atoms with Crippen LogP contribution in [0.2, 0.25) is 0 Å². The van der Waals surface area contributed by atoms with Crippen LogP contribution in [0.3, 0.4) is 0 Å². The highest BCUT2D eigenvalue weighted by Crippen LogP contribution is 2.30. The van der Waals surface area contributed by atoms with E-state index in [1.807, 2.05) is 24.8 Å². The molecule has 0 bridgehead atoms. The van der Waals surface area contributed by atoms with E-state index in [4.69, 9.17) is 4.74 Å². The Kier molecular flexibility index (Phi) is 4.38. The second-order valence-corrected chi connectivity index (χ2v) is 5.03. The number of imidazole rings is 1. The fourth-order valence-electron chi connectivity index (χ4n) is 2.00.